The van der Waals surface area contributed by atoms with E-state index in [0.717, 1.165) is 11.3 Å². The Balaban J connectivity index is 2.49. The van der Waals surface area contributed by atoms with Gasteiger partial charge in [-0.15, -0.1) is 0 Å². The molecule has 80 valence electrons. The zero-order valence-electron chi connectivity index (χ0n) is 8.43. The van der Waals surface area contributed by atoms with Crippen molar-refractivity contribution in [2.24, 2.45) is 4.40 Å². The van der Waals surface area contributed by atoms with Crippen LogP contribution < -0.4 is 4.72 Å². The van der Waals surface area contributed by atoms with E-state index in [4.69, 9.17) is 0 Å². The molecule has 0 spiro atoms. The lowest BCUT2D eigenvalue weighted by atomic mass is 10.1. The first kappa shape index (κ1) is 10.1. The Hall–Kier alpha value is -1.43. The quantitative estimate of drug-likeness (QED) is 0.782. The molecule has 0 aromatic carbocycles. The van der Waals surface area contributed by atoms with Crippen LogP contribution >= 0.6 is 0 Å². The second-order valence-electron chi connectivity index (χ2n) is 3.66. The normalized spacial score (nSPS) is 17.3. The van der Waals surface area contributed by atoms with Crippen molar-refractivity contribution < 1.29 is 8.42 Å². The molecule has 1 N–H and O–H groups in total. The first-order valence-corrected chi connectivity index (χ1v) is 6.00. The van der Waals surface area contributed by atoms with Gasteiger partial charge >= 0.3 is 10.2 Å². The van der Waals surface area contributed by atoms with Gasteiger partial charge in [-0.25, -0.2) is 0 Å². The molecule has 2 heterocycles. The lowest BCUT2D eigenvalue weighted by Gasteiger charge is -2.13. The summed E-state index contributed by atoms with van der Waals surface area (Å²) in [6.07, 6.45) is 2.86. The fourth-order valence-corrected chi connectivity index (χ4v) is 2.04. The van der Waals surface area contributed by atoms with E-state index in [1.165, 1.54) is 12.4 Å². The summed E-state index contributed by atoms with van der Waals surface area (Å²) >= 11 is 0. The second-order valence-corrected chi connectivity index (χ2v) is 5.03. The second kappa shape index (κ2) is 3.30. The highest BCUT2D eigenvalue weighted by Crippen LogP contribution is 2.22. The van der Waals surface area contributed by atoms with E-state index in [-0.39, 0.29) is 0 Å². The van der Waals surface area contributed by atoms with Crippen LogP contribution in [-0.4, -0.2) is 19.6 Å². The Morgan fingerprint density at radius 3 is 2.80 bits per heavy atom. The van der Waals surface area contributed by atoms with Crippen molar-refractivity contribution in [3.05, 3.63) is 23.5 Å². The van der Waals surface area contributed by atoms with Gasteiger partial charge in [-0.1, -0.05) is 13.8 Å². The summed E-state index contributed by atoms with van der Waals surface area (Å²) in [6.45, 7) is 4.05. The smallest absolute Gasteiger partial charge is 0.263 e. The first-order chi connectivity index (χ1) is 6.98. The van der Waals surface area contributed by atoms with E-state index in [0.29, 0.717) is 11.6 Å². The summed E-state index contributed by atoms with van der Waals surface area (Å²) < 4.78 is 27.9. The van der Waals surface area contributed by atoms with Crippen LogP contribution in [0, 0.1) is 0 Å². The summed E-state index contributed by atoms with van der Waals surface area (Å²) in [7, 11) is -3.55. The molecular formula is C9H11N3O2S. The topological polar surface area (TPSA) is 71.4 Å². The first-order valence-electron chi connectivity index (χ1n) is 4.56. The molecule has 0 atom stereocenters. The van der Waals surface area contributed by atoms with Gasteiger partial charge in [0.15, 0.2) is 0 Å². The van der Waals surface area contributed by atoms with Gasteiger partial charge in [-0.3, -0.25) is 9.71 Å². The van der Waals surface area contributed by atoms with Gasteiger partial charge in [-0.05, 0) is 12.0 Å². The molecule has 0 fully saturated rings. The number of fused-ring (bicyclic) bond motifs is 1. The third-order valence-electron chi connectivity index (χ3n) is 2.12. The van der Waals surface area contributed by atoms with Crippen molar-refractivity contribution in [1.29, 1.82) is 0 Å². The summed E-state index contributed by atoms with van der Waals surface area (Å²) in [5.74, 6) is 0.308. The Bertz CT molecular complexity index is 520. The average molecular weight is 225 g/mol. The molecule has 0 saturated carbocycles. The van der Waals surface area contributed by atoms with E-state index in [1.807, 2.05) is 19.9 Å². The fourth-order valence-electron chi connectivity index (χ4n) is 1.29. The standard InChI is InChI=1S/C9H11N3O2S/c1-6(2)8-3-7-4-11-15(13,14)12-9(7)5-10-8/h3-6,12H,1-2H3. The maximum Gasteiger partial charge on any atom is 0.342 e. The van der Waals surface area contributed by atoms with Gasteiger partial charge in [0.1, 0.15) is 0 Å². The molecule has 6 heteroatoms. The SMILES string of the molecule is CC(C)c1cc2c(cn1)NS(=O)(=O)N=C2. The Kier molecular flexibility index (Phi) is 2.22. The fraction of sp³-hybridized carbons (Fsp3) is 0.333. The number of hydrogen-bond acceptors (Lipinski definition) is 3. The predicted octanol–water partition coefficient (Wildman–Crippen LogP) is 1.29. The summed E-state index contributed by atoms with van der Waals surface area (Å²) in [5.41, 5.74) is 2.15. The van der Waals surface area contributed by atoms with Crippen molar-refractivity contribution in [2.45, 2.75) is 19.8 Å². The van der Waals surface area contributed by atoms with Crippen LogP contribution in [0.4, 0.5) is 5.69 Å². The van der Waals surface area contributed by atoms with Crippen LogP contribution in [0.15, 0.2) is 16.7 Å². The lowest BCUT2D eigenvalue weighted by molar-refractivity contribution is 0.603. The third kappa shape index (κ3) is 1.99. The van der Waals surface area contributed by atoms with Crippen LogP contribution in [0.3, 0.4) is 0 Å². The van der Waals surface area contributed by atoms with E-state index >= 15 is 0 Å². The van der Waals surface area contributed by atoms with Crippen molar-refractivity contribution in [2.75, 3.05) is 4.72 Å². The highest BCUT2D eigenvalue weighted by Gasteiger charge is 2.16. The van der Waals surface area contributed by atoms with E-state index in [1.54, 1.807) is 0 Å². The summed E-state index contributed by atoms with van der Waals surface area (Å²) in [4.78, 5) is 4.17. The van der Waals surface area contributed by atoms with Gasteiger partial charge in [-0.2, -0.15) is 12.8 Å². The molecule has 0 saturated heterocycles. The van der Waals surface area contributed by atoms with Crippen LogP contribution in [0.5, 0.6) is 0 Å². The molecule has 0 amide bonds. The largest absolute Gasteiger partial charge is 0.342 e. The molecule has 0 bridgehead atoms. The van der Waals surface area contributed by atoms with Crippen molar-refractivity contribution in [3.63, 3.8) is 0 Å². The van der Waals surface area contributed by atoms with Crippen molar-refractivity contribution in [3.8, 4) is 0 Å². The molecule has 1 aromatic rings. The lowest BCUT2D eigenvalue weighted by Crippen LogP contribution is -2.16. The van der Waals surface area contributed by atoms with Crippen LogP contribution in [-0.2, 0) is 10.2 Å². The maximum absolute atomic E-state index is 11.1. The Morgan fingerprint density at radius 1 is 1.40 bits per heavy atom. The van der Waals surface area contributed by atoms with Crippen molar-refractivity contribution >= 4 is 22.1 Å². The van der Waals surface area contributed by atoms with Crippen molar-refractivity contribution in [1.82, 2.24) is 4.98 Å². The van der Waals surface area contributed by atoms with Gasteiger partial charge in [0.05, 0.1) is 18.1 Å². The predicted molar refractivity (Wildman–Crippen MR) is 58.5 cm³/mol. The minimum atomic E-state index is -3.55. The minimum absolute atomic E-state index is 0.308. The van der Waals surface area contributed by atoms with Gasteiger partial charge < -0.3 is 0 Å². The van der Waals surface area contributed by atoms with E-state index in [2.05, 4.69) is 14.1 Å². The monoisotopic (exact) mass is 225 g/mol. The van der Waals surface area contributed by atoms with E-state index < -0.39 is 10.2 Å². The average Bonchev–Trinajstić information content (AvgIpc) is 2.15. The van der Waals surface area contributed by atoms with Gasteiger partial charge in [0.2, 0.25) is 0 Å². The molecule has 0 aliphatic carbocycles. The number of rotatable bonds is 1. The number of anilines is 1. The maximum atomic E-state index is 11.1. The molecule has 0 radical (unpaired) electrons. The molecule has 0 unspecified atom stereocenters. The van der Waals surface area contributed by atoms with E-state index in [9.17, 15) is 8.42 Å². The number of hydrogen-bond donors (Lipinski definition) is 1. The van der Waals surface area contributed by atoms with Crippen LogP contribution in [0.2, 0.25) is 0 Å². The third-order valence-corrected chi connectivity index (χ3v) is 2.98. The van der Waals surface area contributed by atoms with Gasteiger partial charge in [0, 0.05) is 11.3 Å². The van der Waals surface area contributed by atoms with Gasteiger partial charge in [0.25, 0.3) is 0 Å². The summed E-state index contributed by atoms with van der Waals surface area (Å²) in [5, 5.41) is 0. The zero-order chi connectivity index (χ0) is 11.1. The molecular weight excluding hydrogens is 214 g/mol. The molecule has 15 heavy (non-hydrogen) atoms. The van der Waals surface area contributed by atoms with Crippen LogP contribution in [0.25, 0.3) is 0 Å². The molecule has 1 aromatic heterocycles. The molecule has 1 aliphatic rings. The number of nitrogens with one attached hydrogen (secondary N) is 1. The molecule has 1 aliphatic heterocycles. The highest BCUT2D eigenvalue weighted by atomic mass is 32.2. The number of pyridine rings is 1. The molecule has 2 rings (SSSR count). The highest BCUT2D eigenvalue weighted by molar-refractivity contribution is 7.91. The Morgan fingerprint density at radius 2 is 2.13 bits per heavy atom. The minimum Gasteiger partial charge on any atom is -0.263 e. The van der Waals surface area contributed by atoms with Crippen LogP contribution in [0.1, 0.15) is 31.0 Å². The Labute approximate surface area is 88.4 Å². The molecule has 5 nitrogen and oxygen atoms in total. The number of nitrogens with zero attached hydrogens (tertiary/aromatic N) is 2. The summed E-state index contributed by atoms with van der Waals surface area (Å²) in [6, 6.07) is 1.84. The zero-order valence-corrected chi connectivity index (χ0v) is 9.25. The number of aromatic nitrogens is 1.